The third kappa shape index (κ3) is 24.4. The van der Waals surface area contributed by atoms with E-state index >= 15 is 0 Å². The summed E-state index contributed by atoms with van der Waals surface area (Å²) in [5.41, 5.74) is 0. The average Bonchev–Trinajstić information content (AvgIpc) is 2.96. The van der Waals surface area contributed by atoms with Gasteiger partial charge in [-0.3, -0.25) is 38.8 Å². The molecule has 1 rings (SSSR count). The summed E-state index contributed by atoms with van der Waals surface area (Å²) >= 11 is 0. The van der Waals surface area contributed by atoms with Crippen LogP contribution in [0, 0.1) is 0 Å². The maximum Gasteiger partial charge on any atom is 0.317 e. The molecule has 0 saturated carbocycles. The van der Waals surface area contributed by atoms with E-state index in [-0.39, 0.29) is 38.0 Å². The first kappa shape index (κ1) is 42.4. The molecule has 15 nitrogen and oxygen atoms in total. The van der Waals surface area contributed by atoms with Crippen LogP contribution >= 0.6 is 0 Å². The molecule has 15 heteroatoms. The van der Waals surface area contributed by atoms with Crippen molar-refractivity contribution >= 4 is 30.0 Å². The smallest absolute Gasteiger partial charge is 0.317 e. The van der Waals surface area contributed by atoms with Crippen molar-refractivity contribution in [3.63, 3.8) is 0 Å². The van der Waals surface area contributed by atoms with E-state index in [0.29, 0.717) is 85.0 Å². The molecule has 0 aromatic heterocycles. The SMILES string of the molecule is CC.CCCC(=O)NCCN(C)CCNC(=O)CN1CCN(CC=O)CCN(CC(=O)O)CCN(CC(=O)O)CC1.CO. The number of aldehydes is 1. The van der Waals surface area contributed by atoms with E-state index in [1.807, 2.05) is 42.5 Å². The Bertz CT molecular complexity index is 775. The molecule has 1 aliphatic heterocycles. The molecule has 252 valence electrons. The van der Waals surface area contributed by atoms with Gasteiger partial charge < -0.3 is 35.6 Å². The van der Waals surface area contributed by atoms with E-state index in [2.05, 4.69) is 10.6 Å². The predicted molar refractivity (Wildman–Crippen MR) is 165 cm³/mol. The molecule has 1 heterocycles. The molecule has 1 saturated heterocycles. The van der Waals surface area contributed by atoms with Crippen LogP contribution in [-0.4, -0.2) is 189 Å². The van der Waals surface area contributed by atoms with Gasteiger partial charge in [0.15, 0.2) is 0 Å². The highest BCUT2D eigenvalue weighted by Crippen LogP contribution is 2.01. The second-order valence-electron chi connectivity index (χ2n) is 9.84. The Labute approximate surface area is 257 Å². The van der Waals surface area contributed by atoms with E-state index in [0.717, 1.165) is 19.8 Å². The third-order valence-electron chi connectivity index (χ3n) is 6.46. The van der Waals surface area contributed by atoms with Gasteiger partial charge >= 0.3 is 11.9 Å². The van der Waals surface area contributed by atoms with Crippen molar-refractivity contribution in [1.29, 1.82) is 0 Å². The van der Waals surface area contributed by atoms with Gasteiger partial charge in [-0.2, -0.15) is 0 Å². The topological polar surface area (TPSA) is 186 Å². The number of nitrogens with one attached hydrogen (secondary N) is 2. The summed E-state index contributed by atoms with van der Waals surface area (Å²) in [5.74, 6) is -2.04. The zero-order chi connectivity index (χ0) is 33.0. The lowest BCUT2D eigenvalue weighted by atomic mass is 10.3. The van der Waals surface area contributed by atoms with Gasteiger partial charge in [0.2, 0.25) is 11.8 Å². The van der Waals surface area contributed by atoms with E-state index in [1.54, 1.807) is 9.80 Å². The number of carboxylic acid groups (broad SMARTS) is 2. The highest BCUT2D eigenvalue weighted by Gasteiger charge is 2.20. The van der Waals surface area contributed by atoms with Gasteiger partial charge in [-0.1, -0.05) is 20.8 Å². The second kappa shape index (κ2) is 28.1. The fourth-order valence-electron chi connectivity index (χ4n) is 4.18. The molecule has 1 aliphatic rings. The highest BCUT2D eigenvalue weighted by molar-refractivity contribution is 5.78. The molecular weight excluding hydrogens is 562 g/mol. The Hall–Kier alpha value is -2.69. The monoisotopic (exact) mass is 619 g/mol. The lowest BCUT2D eigenvalue weighted by Crippen LogP contribution is -2.49. The number of carboxylic acids is 2. The van der Waals surface area contributed by atoms with Gasteiger partial charge in [-0.15, -0.1) is 0 Å². The van der Waals surface area contributed by atoms with Crippen molar-refractivity contribution in [2.45, 2.75) is 33.6 Å². The number of aliphatic hydroxyl groups excluding tert-OH is 1. The van der Waals surface area contributed by atoms with Crippen LogP contribution in [0.1, 0.15) is 33.6 Å². The highest BCUT2D eigenvalue weighted by atomic mass is 16.4. The standard InChI is InChI=1S/C25H47N7O7.C2H6.CH4O/c1-3-4-22(34)26-5-7-28(2)8-6-27-23(35)19-30-11-9-29(17-18-33)10-12-31(20-24(36)37)15-16-32(14-13-30)21-25(38)39;2*1-2/h18H,3-17,19-21H2,1-2H3,(H,26,34)(H,27,35)(H,36,37)(H,38,39);1-2H3;2H,1H3. The van der Waals surface area contributed by atoms with E-state index < -0.39 is 11.9 Å². The Balaban J connectivity index is 0. The lowest BCUT2D eigenvalue weighted by molar-refractivity contribution is -0.140. The number of rotatable bonds is 16. The van der Waals surface area contributed by atoms with Crippen LogP contribution in [0.4, 0.5) is 0 Å². The Morgan fingerprint density at radius 2 is 1.07 bits per heavy atom. The minimum atomic E-state index is -0.970. The van der Waals surface area contributed by atoms with Crippen LogP contribution in [0.3, 0.4) is 0 Å². The molecular formula is C28H57N7O8. The minimum absolute atomic E-state index is 0.0384. The molecule has 2 amide bonds. The minimum Gasteiger partial charge on any atom is -0.480 e. The third-order valence-corrected chi connectivity index (χ3v) is 6.46. The summed E-state index contributed by atoms with van der Waals surface area (Å²) in [6.45, 7) is 11.8. The quantitative estimate of drug-likeness (QED) is 0.122. The van der Waals surface area contributed by atoms with Gasteiger partial charge in [0.05, 0.1) is 26.2 Å². The number of aliphatic hydroxyl groups is 1. The molecule has 1 fully saturated rings. The Kier molecular flexibility index (Phi) is 27.7. The number of likely N-dealkylation sites (N-methyl/N-ethyl adjacent to an activating group) is 1. The maximum atomic E-state index is 12.7. The first-order valence-electron chi connectivity index (χ1n) is 15.1. The molecule has 0 aromatic carbocycles. The number of amides is 2. The number of aliphatic carboxylic acids is 2. The first-order valence-corrected chi connectivity index (χ1v) is 15.1. The van der Waals surface area contributed by atoms with E-state index in [9.17, 15) is 34.2 Å². The van der Waals surface area contributed by atoms with Crippen molar-refractivity contribution < 1.29 is 39.3 Å². The summed E-state index contributed by atoms with van der Waals surface area (Å²) in [5, 5.41) is 31.4. The number of carbonyl (C=O) groups excluding carboxylic acids is 3. The van der Waals surface area contributed by atoms with Gasteiger partial charge in [0, 0.05) is 92.1 Å². The van der Waals surface area contributed by atoms with Crippen LogP contribution in [-0.2, 0) is 24.0 Å². The van der Waals surface area contributed by atoms with Crippen LogP contribution in [0.5, 0.6) is 0 Å². The Morgan fingerprint density at radius 3 is 1.44 bits per heavy atom. The van der Waals surface area contributed by atoms with Crippen molar-refractivity contribution in [3.05, 3.63) is 0 Å². The zero-order valence-corrected chi connectivity index (χ0v) is 26.9. The van der Waals surface area contributed by atoms with Gasteiger partial charge in [0.25, 0.3) is 0 Å². The summed E-state index contributed by atoms with van der Waals surface area (Å²) in [7, 11) is 2.92. The summed E-state index contributed by atoms with van der Waals surface area (Å²) < 4.78 is 0. The van der Waals surface area contributed by atoms with Crippen LogP contribution in [0.15, 0.2) is 0 Å². The molecule has 5 N–H and O–H groups in total. The van der Waals surface area contributed by atoms with Crippen LogP contribution in [0.2, 0.25) is 0 Å². The van der Waals surface area contributed by atoms with Crippen molar-refractivity contribution in [2.75, 3.05) is 119 Å². The molecule has 0 aromatic rings. The normalized spacial score (nSPS) is 15.9. The molecule has 43 heavy (non-hydrogen) atoms. The maximum absolute atomic E-state index is 12.7. The fraction of sp³-hybridized carbons (Fsp3) is 0.821. The molecule has 0 spiro atoms. The number of hydrogen-bond acceptors (Lipinski definition) is 11. The number of hydrogen-bond donors (Lipinski definition) is 5. The first-order chi connectivity index (χ1) is 20.6. The van der Waals surface area contributed by atoms with Crippen molar-refractivity contribution in [3.8, 4) is 0 Å². The number of carbonyl (C=O) groups is 5. The van der Waals surface area contributed by atoms with Crippen LogP contribution in [0.25, 0.3) is 0 Å². The van der Waals surface area contributed by atoms with Crippen LogP contribution < -0.4 is 10.6 Å². The predicted octanol–water partition coefficient (Wildman–Crippen LogP) is -1.82. The summed E-state index contributed by atoms with van der Waals surface area (Å²) in [6, 6.07) is 0. The molecule has 0 radical (unpaired) electrons. The van der Waals surface area contributed by atoms with Crippen molar-refractivity contribution in [2.24, 2.45) is 0 Å². The average molecular weight is 620 g/mol. The summed E-state index contributed by atoms with van der Waals surface area (Å²) in [6.07, 6.45) is 2.13. The zero-order valence-electron chi connectivity index (χ0n) is 26.9. The van der Waals surface area contributed by atoms with Gasteiger partial charge in [-0.25, -0.2) is 0 Å². The fourth-order valence-corrected chi connectivity index (χ4v) is 4.18. The second-order valence-corrected chi connectivity index (χ2v) is 9.84. The number of nitrogens with zero attached hydrogens (tertiary/aromatic N) is 5. The lowest BCUT2D eigenvalue weighted by Gasteiger charge is -2.32. The molecule has 0 aliphatic carbocycles. The molecule has 0 unspecified atom stereocenters. The van der Waals surface area contributed by atoms with Gasteiger partial charge in [-0.05, 0) is 13.5 Å². The molecule has 0 bridgehead atoms. The largest absolute Gasteiger partial charge is 0.480 e. The van der Waals surface area contributed by atoms with E-state index in [4.69, 9.17) is 5.11 Å². The van der Waals surface area contributed by atoms with E-state index in [1.165, 1.54) is 0 Å². The van der Waals surface area contributed by atoms with Crippen molar-refractivity contribution in [1.82, 2.24) is 35.1 Å². The Morgan fingerprint density at radius 1 is 0.698 bits per heavy atom. The van der Waals surface area contributed by atoms with Gasteiger partial charge in [0.1, 0.15) is 6.29 Å². The summed E-state index contributed by atoms with van der Waals surface area (Å²) in [4.78, 5) is 67.5. The molecule has 0 atom stereocenters.